The zero-order valence-electron chi connectivity index (χ0n) is 15.4. The summed E-state index contributed by atoms with van der Waals surface area (Å²) in [5.41, 5.74) is 0. The van der Waals surface area contributed by atoms with Crippen LogP contribution >= 0.6 is 23.5 Å². The van der Waals surface area contributed by atoms with Crippen molar-refractivity contribution in [2.75, 3.05) is 18.1 Å². The van der Waals surface area contributed by atoms with Gasteiger partial charge in [0.25, 0.3) is 0 Å². The molecule has 0 N–H and O–H groups in total. The average molecular weight is 336 g/mol. The van der Waals surface area contributed by atoms with Crippen LogP contribution in [-0.4, -0.2) is 31.0 Å². The van der Waals surface area contributed by atoms with E-state index in [1.165, 1.54) is 6.42 Å². The molecule has 0 bridgehead atoms. The summed E-state index contributed by atoms with van der Waals surface area (Å²) >= 11 is 3.70. The van der Waals surface area contributed by atoms with Gasteiger partial charge in [-0.05, 0) is 54.3 Å². The SMILES string of the molecule is [2H]C1([C@@H](CCO[Si](C)(C)C(C)(C)C)C(C)C)SCCCS1. The summed E-state index contributed by atoms with van der Waals surface area (Å²) in [4.78, 5) is 0. The van der Waals surface area contributed by atoms with Crippen molar-refractivity contribution in [3.8, 4) is 0 Å². The molecule has 0 radical (unpaired) electrons. The minimum atomic E-state index is -1.66. The van der Waals surface area contributed by atoms with Gasteiger partial charge in [-0.15, -0.1) is 23.5 Å². The normalized spacial score (nSPS) is 22.7. The van der Waals surface area contributed by atoms with Gasteiger partial charge in [0.1, 0.15) is 0 Å². The highest BCUT2D eigenvalue weighted by Gasteiger charge is 2.37. The van der Waals surface area contributed by atoms with E-state index in [0.717, 1.165) is 24.5 Å². The highest BCUT2D eigenvalue weighted by molar-refractivity contribution is 8.17. The average Bonchev–Trinajstić information content (AvgIpc) is 2.33. The van der Waals surface area contributed by atoms with Crippen LogP contribution in [0.25, 0.3) is 0 Å². The number of hydrogen-bond acceptors (Lipinski definition) is 3. The standard InChI is InChI=1S/C16H34OS2Si/c1-13(2)14(15-18-11-8-12-19-15)9-10-17-20(6,7)16(3,4)5/h13-15H,8-12H2,1-7H3/t14-/m0/s1/i15D. The first-order chi connectivity index (χ1) is 9.50. The summed E-state index contributed by atoms with van der Waals surface area (Å²) in [6.45, 7) is 16.9. The Bertz CT molecular complexity index is 323. The minimum absolute atomic E-state index is 0.271. The maximum absolute atomic E-state index is 8.85. The van der Waals surface area contributed by atoms with Crippen LogP contribution in [0.2, 0.25) is 18.1 Å². The largest absolute Gasteiger partial charge is 0.417 e. The van der Waals surface area contributed by atoms with Gasteiger partial charge in [-0.2, -0.15) is 0 Å². The van der Waals surface area contributed by atoms with Crippen LogP contribution in [0.3, 0.4) is 0 Å². The van der Waals surface area contributed by atoms with Crippen molar-refractivity contribution in [2.45, 2.75) is 70.2 Å². The monoisotopic (exact) mass is 335 g/mol. The molecule has 1 fully saturated rings. The van der Waals surface area contributed by atoms with Crippen LogP contribution < -0.4 is 0 Å². The maximum atomic E-state index is 8.85. The van der Waals surface area contributed by atoms with Gasteiger partial charge in [0, 0.05) is 6.61 Å². The van der Waals surface area contributed by atoms with Crippen LogP contribution in [0.5, 0.6) is 0 Å². The van der Waals surface area contributed by atoms with Crippen molar-refractivity contribution in [3.05, 3.63) is 0 Å². The molecule has 1 heterocycles. The van der Waals surface area contributed by atoms with Crippen molar-refractivity contribution in [1.82, 2.24) is 0 Å². The van der Waals surface area contributed by atoms with Crippen molar-refractivity contribution >= 4 is 31.8 Å². The van der Waals surface area contributed by atoms with Gasteiger partial charge in [-0.3, -0.25) is 0 Å². The highest BCUT2D eigenvalue weighted by Crippen LogP contribution is 2.41. The summed E-state index contributed by atoms with van der Waals surface area (Å²) in [5.74, 6) is 3.24. The second-order valence-corrected chi connectivity index (χ2v) is 15.0. The van der Waals surface area contributed by atoms with Gasteiger partial charge in [0.05, 0.1) is 5.93 Å². The van der Waals surface area contributed by atoms with Crippen LogP contribution in [0, 0.1) is 11.8 Å². The van der Waals surface area contributed by atoms with Crippen molar-refractivity contribution in [2.24, 2.45) is 11.8 Å². The van der Waals surface area contributed by atoms with E-state index in [1.807, 2.05) is 23.5 Å². The molecule has 0 aliphatic carbocycles. The summed E-state index contributed by atoms with van der Waals surface area (Å²) < 4.78 is 14.8. The van der Waals surface area contributed by atoms with Gasteiger partial charge in [-0.1, -0.05) is 34.6 Å². The third-order valence-electron chi connectivity index (χ3n) is 4.58. The van der Waals surface area contributed by atoms with E-state index < -0.39 is 8.32 Å². The Morgan fingerprint density at radius 1 is 1.25 bits per heavy atom. The Balaban J connectivity index is 2.60. The first-order valence-corrected chi connectivity index (χ1v) is 12.8. The van der Waals surface area contributed by atoms with Crippen LogP contribution in [0.4, 0.5) is 0 Å². The molecule has 0 amide bonds. The molecule has 0 aromatic rings. The molecule has 4 heteroatoms. The van der Waals surface area contributed by atoms with E-state index in [4.69, 9.17) is 5.80 Å². The predicted octanol–water partition coefficient (Wildman–Crippen LogP) is 5.87. The van der Waals surface area contributed by atoms with E-state index in [-0.39, 0.29) is 9.60 Å². The van der Waals surface area contributed by atoms with Crippen molar-refractivity contribution in [3.63, 3.8) is 0 Å². The van der Waals surface area contributed by atoms with Crippen LogP contribution in [0.1, 0.15) is 48.8 Å². The van der Waals surface area contributed by atoms with Crippen LogP contribution in [0.15, 0.2) is 0 Å². The Labute approximate surface area is 137 Å². The first kappa shape index (κ1) is 17.2. The predicted molar refractivity (Wildman–Crippen MR) is 99.4 cm³/mol. The summed E-state index contributed by atoms with van der Waals surface area (Å²) in [5, 5.41) is 0.271. The molecule has 120 valence electrons. The second kappa shape index (κ2) is 7.93. The molecule has 1 atom stereocenters. The summed E-state index contributed by atoms with van der Waals surface area (Å²) in [7, 11) is -1.66. The molecule has 0 unspecified atom stereocenters. The van der Waals surface area contributed by atoms with Crippen LogP contribution in [-0.2, 0) is 4.43 Å². The zero-order valence-corrected chi connectivity index (χ0v) is 17.0. The molecule has 20 heavy (non-hydrogen) atoms. The number of thioether (sulfide) groups is 2. The van der Waals surface area contributed by atoms with Crippen molar-refractivity contribution < 1.29 is 5.80 Å². The lowest BCUT2D eigenvalue weighted by atomic mass is 9.95. The smallest absolute Gasteiger partial charge is 0.191 e. The van der Waals surface area contributed by atoms with Gasteiger partial charge in [0.15, 0.2) is 8.32 Å². The lowest BCUT2D eigenvalue weighted by molar-refractivity contribution is 0.239. The Hall–Kier alpha value is 0.877. The fourth-order valence-electron chi connectivity index (χ4n) is 2.04. The topological polar surface area (TPSA) is 9.23 Å². The van der Waals surface area contributed by atoms with Gasteiger partial charge in [-0.25, -0.2) is 0 Å². The molecular weight excluding hydrogens is 300 g/mol. The fourth-order valence-corrected chi connectivity index (χ4v) is 6.31. The molecule has 1 nitrogen and oxygen atoms in total. The molecule has 1 saturated heterocycles. The highest BCUT2D eigenvalue weighted by atomic mass is 32.2. The van der Waals surface area contributed by atoms with E-state index in [0.29, 0.717) is 11.8 Å². The van der Waals surface area contributed by atoms with E-state index in [1.54, 1.807) is 0 Å². The maximum Gasteiger partial charge on any atom is 0.191 e. The minimum Gasteiger partial charge on any atom is -0.417 e. The van der Waals surface area contributed by atoms with Gasteiger partial charge < -0.3 is 4.43 Å². The first-order valence-electron chi connectivity index (χ1n) is 8.41. The molecule has 0 spiro atoms. The zero-order chi connectivity index (χ0) is 16.3. The van der Waals surface area contributed by atoms with Gasteiger partial charge in [0.2, 0.25) is 0 Å². The number of rotatable bonds is 6. The molecule has 0 saturated carbocycles. The van der Waals surface area contributed by atoms with E-state index in [2.05, 4.69) is 47.7 Å². The van der Waals surface area contributed by atoms with E-state index in [9.17, 15) is 0 Å². The van der Waals surface area contributed by atoms with Crippen molar-refractivity contribution in [1.29, 1.82) is 0 Å². The summed E-state index contributed by atoms with van der Waals surface area (Å²) in [6.07, 6.45) is 2.27. The molecular formula is C16H34OS2Si. The fraction of sp³-hybridized carbons (Fsp3) is 1.00. The molecule has 1 aliphatic heterocycles. The Morgan fingerprint density at radius 3 is 2.25 bits per heavy atom. The van der Waals surface area contributed by atoms with E-state index >= 15 is 0 Å². The third kappa shape index (κ3) is 5.58. The van der Waals surface area contributed by atoms with Gasteiger partial charge >= 0.3 is 0 Å². The molecule has 0 aromatic heterocycles. The number of hydrogen-bond donors (Lipinski definition) is 0. The Morgan fingerprint density at radius 2 is 1.80 bits per heavy atom. The quantitative estimate of drug-likeness (QED) is 0.562. The lowest BCUT2D eigenvalue weighted by Gasteiger charge is -2.38. The lowest BCUT2D eigenvalue weighted by Crippen LogP contribution is -2.41. The molecule has 1 rings (SSSR count). The second-order valence-electron chi connectivity index (χ2n) is 7.62. The summed E-state index contributed by atoms with van der Waals surface area (Å²) in [6, 6.07) is 0. The molecule has 1 aliphatic rings. The Kier molecular flexibility index (Phi) is 6.84. The third-order valence-corrected chi connectivity index (χ3v) is 12.0. The molecule has 0 aromatic carbocycles.